The maximum atomic E-state index is 12.3. The molecule has 1 aromatic carbocycles. The minimum absolute atomic E-state index is 0.0150. The summed E-state index contributed by atoms with van der Waals surface area (Å²) in [4.78, 5) is 32.4. The van der Waals surface area contributed by atoms with Gasteiger partial charge in [0.1, 0.15) is 0 Å². The van der Waals surface area contributed by atoms with E-state index in [-0.39, 0.29) is 11.7 Å². The van der Waals surface area contributed by atoms with E-state index in [1.165, 1.54) is 4.52 Å². The molecule has 0 radical (unpaired) electrons. The molecule has 3 aromatic heterocycles. The van der Waals surface area contributed by atoms with E-state index in [9.17, 15) is 9.59 Å². The van der Waals surface area contributed by atoms with E-state index < -0.39 is 5.91 Å². The standard InChI is InChI=1S/C17H14N8O2/c1-24-10-7-13(22-24)15(26)19-11-3-5-12(6-4-11)20-16(27)14-21-17-18-8-2-9-25(17)23-14/h2-10H,1H3,(H,19,26)(H,20,27). The molecule has 4 rings (SSSR count). The molecule has 0 atom stereocenters. The van der Waals surface area contributed by atoms with Gasteiger partial charge in [0.2, 0.25) is 5.82 Å². The number of carbonyl (C=O) groups excluding carboxylic acids is 2. The molecule has 3 heterocycles. The molecule has 0 saturated carbocycles. The Balaban J connectivity index is 1.42. The third kappa shape index (κ3) is 3.49. The first-order valence-electron chi connectivity index (χ1n) is 7.98. The Kier molecular flexibility index (Phi) is 4.05. The highest BCUT2D eigenvalue weighted by Crippen LogP contribution is 2.15. The van der Waals surface area contributed by atoms with Crippen LogP contribution in [0.2, 0.25) is 0 Å². The first-order chi connectivity index (χ1) is 13.1. The van der Waals surface area contributed by atoms with E-state index in [4.69, 9.17) is 0 Å². The summed E-state index contributed by atoms with van der Waals surface area (Å²) >= 11 is 0. The SMILES string of the molecule is Cn1ccc(C(=O)Nc2ccc(NC(=O)c3nc4ncccn4n3)cc2)n1. The normalized spacial score (nSPS) is 10.7. The van der Waals surface area contributed by atoms with E-state index in [0.29, 0.717) is 22.8 Å². The zero-order chi connectivity index (χ0) is 18.8. The average molecular weight is 362 g/mol. The van der Waals surface area contributed by atoms with E-state index >= 15 is 0 Å². The van der Waals surface area contributed by atoms with Gasteiger partial charge in [0, 0.05) is 37.0 Å². The lowest BCUT2D eigenvalue weighted by molar-refractivity contribution is 0.101. The van der Waals surface area contributed by atoms with E-state index in [1.807, 2.05) is 0 Å². The van der Waals surface area contributed by atoms with Gasteiger partial charge in [0.25, 0.3) is 17.6 Å². The molecule has 10 heteroatoms. The van der Waals surface area contributed by atoms with Gasteiger partial charge in [0.15, 0.2) is 5.69 Å². The predicted octanol–water partition coefficient (Wildman–Crippen LogP) is 1.36. The van der Waals surface area contributed by atoms with Gasteiger partial charge in [0.05, 0.1) is 0 Å². The van der Waals surface area contributed by atoms with Crippen LogP contribution in [0.15, 0.2) is 55.0 Å². The quantitative estimate of drug-likeness (QED) is 0.566. The number of carbonyl (C=O) groups is 2. The van der Waals surface area contributed by atoms with Crippen LogP contribution in [-0.2, 0) is 7.05 Å². The average Bonchev–Trinajstić information content (AvgIpc) is 3.29. The number of nitrogens with zero attached hydrogens (tertiary/aromatic N) is 6. The molecule has 4 aromatic rings. The van der Waals surface area contributed by atoms with Crippen molar-refractivity contribution in [2.24, 2.45) is 7.05 Å². The summed E-state index contributed by atoms with van der Waals surface area (Å²) in [6, 6.07) is 10.0. The molecular weight excluding hydrogens is 348 g/mol. The number of hydrogen-bond acceptors (Lipinski definition) is 6. The number of amides is 2. The fourth-order valence-electron chi connectivity index (χ4n) is 2.38. The minimum atomic E-state index is -0.453. The number of anilines is 2. The second-order valence-electron chi connectivity index (χ2n) is 5.66. The van der Waals surface area contributed by atoms with Crippen LogP contribution in [0.25, 0.3) is 5.78 Å². The molecule has 0 aliphatic rings. The lowest BCUT2D eigenvalue weighted by Gasteiger charge is -2.06. The second-order valence-corrected chi connectivity index (χ2v) is 5.66. The lowest BCUT2D eigenvalue weighted by atomic mass is 10.2. The van der Waals surface area contributed by atoms with Crippen LogP contribution in [0.4, 0.5) is 11.4 Å². The van der Waals surface area contributed by atoms with Gasteiger partial charge in [-0.3, -0.25) is 14.3 Å². The fraction of sp³-hybridized carbons (Fsp3) is 0.0588. The van der Waals surface area contributed by atoms with Crippen LogP contribution in [0.3, 0.4) is 0 Å². The molecule has 0 aliphatic heterocycles. The number of aryl methyl sites for hydroxylation is 1. The third-order valence-corrected chi connectivity index (χ3v) is 3.67. The van der Waals surface area contributed by atoms with Crippen molar-refractivity contribution in [1.82, 2.24) is 29.4 Å². The lowest BCUT2D eigenvalue weighted by Crippen LogP contribution is -2.15. The predicted molar refractivity (Wildman–Crippen MR) is 96.3 cm³/mol. The van der Waals surface area contributed by atoms with Gasteiger partial charge in [-0.15, -0.1) is 5.10 Å². The van der Waals surface area contributed by atoms with Gasteiger partial charge in [-0.05, 0) is 36.4 Å². The maximum absolute atomic E-state index is 12.3. The van der Waals surface area contributed by atoms with Crippen LogP contribution in [0.5, 0.6) is 0 Å². The monoisotopic (exact) mass is 362 g/mol. The molecule has 2 N–H and O–H groups in total. The van der Waals surface area contributed by atoms with E-state index in [2.05, 4.69) is 30.8 Å². The molecule has 0 aliphatic carbocycles. The van der Waals surface area contributed by atoms with E-state index in [1.54, 1.807) is 66.7 Å². The molecule has 2 amide bonds. The van der Waals surface area contributed by atoms with Crippen molar-refractivity contribution in [3.05, 3.63) is 66.5 Å². The van der Waals surface area contributed by atoms with Gasteiger partial charge in [-0.25, -0.2) is 9.50 Å². The topological polar surface area (TPSA) is 119 Å². The summed E-state index contributed by atoms with van der Waals surface area (Å²) in [6.07, 6.45) is 4.92. The molecule has 0 saturated heterocycles. The van der Waals surface area contributed by atoms with Crippen LogP contribution in [-0.4, -0.2) is 41.2 Å². The van der Waals surface area contributed by atoms with E-state index in [0.717, 1.165) is 0 Å². The molecule has 0 fully saturated rings. The Morgan fingerprint density at radius 2 is 1.63 bits per heavy atom. The van der Waals surface area contributed by atoms with Crippen molar-refractivity contribution in [2.45, 2.75) is 0 Å². The van der Waals surface area contributed by atoms with Crippen molar-refractivity contribution in [2.75, 3.05) is 10.6 Å². The Bertz CT molecular complexity index is 1100. The number of nitrogens with one attached hydrogen (secondary N) is 2. The first kappa shape index (κ1) is 16.4. The molecule has 0 spiro atoms. The molecule has 0 unspecified atom stereocenters. The Morgan fingerprint density at radius 3 is 2.26 bits per heavy atom. The highest BCUT2D eigenvalue weighted by atomic mass is 16.2. The van der Waals surface area contributed by atoms with Crippen molar-refractivity contribution in [3.63, 3.8) is 0 Å². The number of fused-ring (bicyclic) bond motifs is 1. The highest BCUT2D eigenvalue weighted by molar-refractivity contribution is 6.03. The third-order valence-electron chi connectivity index (χ3n) is 3.67. The van der Waals surface area contributed by atoms with Crippen LogP contribution in [0, 0.1) is 0 Å². The summed E-state index contributed by atoms with van der Waals surface area (Å²) in [6.45, 7) is 0. The number of rotatable bonds is 4. The van der Waals surface area contributed by atoms with Crippen LogP contribution < -0.4 is 10.6 Å². The Labute approximate surface area is 152 Å². The van der Waals surface area contributed by atoms with Crippen molar-refractivity contribution < 1.29 is 9.59 Å². The molecule has 0 bridgehead atoms. The largest absolute Gasteiger partial charge is 0.321 e. The maximum Gasteiger partial charge on any atom is 0.295 e. The van der Waals surface area contributed by atoms with Gasteiger partial charge in [-0.1, -0.05) is 0 Å². The number of hydrogen-bond donors (Lipinski definition) is 2. The molecule has 27 heavy (non-hydrogen) atoms. The minimum Gasteiger partial charge on any atom is -0.321 e. The fourth-order valence-corrected chi connectivity index (χ4v) is 2.38. The van der Waals surface area contributed by atoms with Crippen LogP contribution >= 0.6 is 0 Å². The smallest absolute Gasteiger partial charge is 0.295 e. The summed E-state index contributed by atoms with van der Waals surface area (Å²) in [5, 5.41) is 13.5. The molecule has 10 nitrogen and oxygen atoms in total. The van der Waals surface area contributed by atoms with Gasteiger partial charge >= 0.3 is 0 Å². The number of benzene rings is 1. The summed E-state index contributed by atoms with van der Waals surface area (Å²) in [7, 11) is 1.74. The van der Waals surface area contributed by atoms with Crippen molar-refractivity contribution in [3.8, 4) is 0 Å². The molecular formula is C17H14N8O2. The Morgan fingerprint density at radius 1 is 0.926 bits per heavy atom. The van der Waals surface area contributed by atoms with Crippen molar-refractivity contribution in [1.29, 1.82) is 0 Å². The first-order valence-corrected chi connectivity index (χ1v) is 7.98. The zero-order valence-electron chi connectivity index (χ0n) is 14.2. The zero-order valence-corrected chi connectivity index (χ0v) is 14.2. The number of aromatic nitrogens is 6. The summed E-state index contributed by atoms with van der Waals surface area (Å²) in [5.41, 5.74) is 1.45. The summed E-state index contributed by atoms with van der Waals surface area (Å²) < 4.78 is 2.97. The molecule has 134 valence electrons. The Hall–Kier alpha value is -4.08. The van der Waals surface area contributed by atoms with Crippen molar-refractivity contribution >= 4 is 29.0 Å². The second kappa shape index (κ2) is 6.67. The highest BCUT2D eigenvalue weighted by Gasteiger charge is 2.14. The summed E-state index contributed by atoms with van der Waals surface area (Å²) in [5.74, 6) is -0.406. The van der Waals surface area contributed by atoms with Crippen LogP contribution in [0.1, 0.15) is 21.1 Å². The van der Waals surface area contributed by atoms with Gasteiger partial charge < -0.3 is 10.6 Å². The van der Waals surface area contributed by atoms with Gasteiger partial charge in [-0.2, -0.15) is 10.1 Å².